The molecule has 1 aromatic carbocycles. The molecule has 30 heavy (non-hydrogen) atoms. The van der Waals surface area contributed by atoms with Crippen molar-refractivity contribution in [1.82, 2.24) is 19.7 Å². The van der Waals surface area contributed by atoms with Crippen molar-refractivity contribution in [3.8, 4) is 17.2 Å². The largest absolute Gasteiger partial charge is 0.504 e. The first-order chi connectivity index (χ1) is 14.6. The highest BCUT2D eigenvalue weighted by molar-refractivity contribution is 5.95. The number of aromatic hydroxyl groups is 1. The fourth-order valence-electron chi connectivity index (χ4n) is 3.77. The van der Waals surface area contributed by atoms with Crippen LogP contribution in [0.25, 0.3) is 5.69 Å². The first-order valence-corrected chi connectivity index (χ1v) is 10.3. The van der Waals surface area contributed by atoms with E-state index in [0.29, 0.717) is 13.1 Å². The first kappa shape index (κ1) is 19.9. The van der Waals surface area contributed by atoms with Gasteiger partial charge < -0.3 is 14.7 Å². The molecule has 0 atom stereocenters. The van der Waals surface area contributed by atoms with E-state index in [2.05, 4.69) is 17.0 Å². The van der Waals surface area contributed by atoms with Crippen LogP contribution in [0, 0.1) is 6.92 Å². The SMILES string of the molecule is CCc1ccccc1-n1cc(O)c(C(=O)N2CCC(Oc3ccncc3C)CC2)n1. The molecule has 3 aromatic rings. The number of carbonyl (C=O) groups is 1. The number of amides is 1. The predicted octanol–water partition coefficient (Wildman–Crippen LogP) is 3.53. The summed E-state index contributed by atoms with van der Waals surface area (Å²) < 4.78 is 7.67. The molecule has 3 heterocycles. The number of hydrogen-bond acceptors (Lipinski definition) is 5. The number of nitrogens with zero attached hydrogens (tertiary/aromatic N) is 4. The summed E-state index contributed by atoms with van der Waals surface area (Å²) in [6, 6.07) is 9.71. The minimum absolute atomic E-state index is 0.0535. The number of carbonyl (C=O) groups excluding carboxylic acids is 1. The number of ether oxygens (including phenoxy) is 1. The fraction of sp³-hybridized carbons (Fsp3) is 0.348. The maximum atomic E-state index is 13.0. The van der Waals surface area contributed by atoms with Crippen LogP contribution >= 0.6 is 0 Å². The van der Waals surface area contributed by atoms with E-state index in [9.17, 15) is 9.90 Å². The monoisotopic (exact) mass is 406 g/mol. The third-order valence-corrected chi connectivity index (χ3v) is 5.51. The third kappa shape index (κ3) is 4.01. The van der Waals surface area contributed by atoms with Gasteiger partial charge in [0.25, 0.3) is 5.91 Å². The van der Waals surface area contributed by atoms with Crippen molar-refractivity contribution in [2.45, 2.75) is 39.2 Å². The van der Waals surface area contributed by atoms with E-state index in [4.69, 9.17) is 4.74 Å². The highest BCUT2D eigenvalue weighted by Gasteiger charge is 2.28. The zero-order valence-electron chi connectivity index (χ0n) is 17.3. The van der Waals surface area contributed by atoms with Gasteiger partial charge in [0.1, 0.15) is 11.9 Å². The zero-order chi connectivity index (χ0) is 21.1. The molecule has 1 fully saturated rings. The second kappa shape index (κ2) is 8.57. The number of aryl methyl sites for hydroxylation is 2. The van der Waals surface area contributed by atoms with Crippen molar-refractivity contribution in [2.75, 3.05) is 13.1 Å². The van der Waals surface area contributed by atoms with Gasteiger partial charge in [-0.05, 0) is 31.0 Å². The molecule has 7 heteroatoms. The molecule has 1 saturated heterocycles. The second-order valence-corrected chi connectivity index (χ2v) is 7.54. The number of likely N-dealkylation sites (tertiary alicyclic amines) is 1. The Balaban J connectivity index is 1.43. The molecular formula is C23H26N4O3. The molecule has 2 aromatic heterocycles. The molecule has 0 aliphatic carbocycles. The van der Waals surface area contributed by atoms with Crippen LogP contribution in [-0.4, -0.2) is 49.9 Å². The van der Waals surface area contributed by atoms with Gasteiger partial charge in [0.05, 0.1) is 11.9 Å². The van der Waals surface area contributed by atoms with Gasteiger partial charge in [-0.3, -0.25) is 9.78 Å². The predicted molar refractivity (Wildman–Crippen MR) is 113 cm³/mol. The highest BCUT2D eigenvalue weighted by Crippen LogP contribution is 2.25. The molecule has 4 rings (SSSR count). The fourth-order valence-corrected chi connectivity index (χ4v) is 3.77. The summed E-state index contributed by atoms with van der Waals surface area (Å²) in [5.74, 6) is 0.483. The van der Waals surface area contributed by atoms with Gasteiger partial charge in [-0.25, -0.2) is 4.68 Å². The number of para-hydroxylation sites is 1. The molecule has 0 unspecified atom stereocenters. The lowest BCUT2D eigenvalue weighted by Gasteiger charge is -2.32. The van der Waals surface area contributed by atoms with E-state index in [0.717, 1.165) is 41.8 Å². The van der Waals surface area contributed by atoms with Gasteiger partial charge >= 0.3 is 0 Å². The first-order valence-electron chi connectivity index (χ1n) is 10.3. The lowest BCUT2D eigenvalue weighted by molar-refractivity contribution is 0.0586. The Morgan fingerprint density at radius 2 is 2.00 bits per heavy atom. The van der Waals surface area contributed by atoms with Crippen LogP contribution in [0.15, 0.2) is 48.9 Å². The van der Waals surface area contributed by atoms with Crippen LogP contribution in [0.5, 0.6) is 11.5 Å². The molecule has 0 radical (unpaired) electrons. The number of benzene rings is 1. The lowest BCUT2D eigenvalue weighted by Crippen LogP contribution is -2.42. The third-order valence-electron chi connectivity index (χ3n) is 5.51. The zero-order valence-corrected chi connectivity index (χ0v) is 17.3. The Bertz CT molecular complexity index is 1040. The lowest BCUT2D eigenvalue weighted by atomic mass is 10.1. The van der Waals surface area contributed by atoms with Crippen LogP contribution in [0.1, 0.15) is 41.4 Å². The Kier molecular flexibility index (Phi) is 5.70. The number of hydrogen-bond donors (Lipinski definition) is 1. The second-order valence-electron chi connectivity index (χ2n) is 7.54. The maximum absolute atomic E-state index is 13.0. The van der Waals surface area contributed by atoms with Crippen LogP contribution < -0.4 is 4.74 Å². The van der Waals surface area contributed by atoms with Crippen LogP contribution in [0.2, 0.25) is 0 Å². The van der Waals surface area contributed by atoms with E-state index < -0.39 is 0 Å². The smallest absolute Gasteiger partial charge is 0.278 e. The average Bonchev–Trinajstić information content (AvgIpc) is 3.16. The Labute approximate surface area is 175 Å². The molecule has 0 bridgehead atoms. The van der Waals surface area contributed by atoms with Gasteiger partial charge in [0.15, 0.2) is 11.4 Å². The molecule has 1 aliphatic heterocycles. The maximum Gasteiger partial charge on any atom is 0.278 e. The van der Waals surface area contributed by atoms with Gasteiger partial charge in [-0.2, -0.15) is 5.10 Å². The molecular weight excluding hydrogens is 380 g/mol. The van der Waals surface area contributed by atoms with Crippen molar-refractivity contribution in [3.05, 3.63) is 65.7 Å². The standard InChI is InChI=1S/C23H26N4O3/c1-3-17-6-4-5-7-19(17)27-15-20(28)22(25-27)23(29)26-12-9-18(10-13-26)30-21-8-11-24-14-16(21)2/h4-8,11,14-15,18,28H,3,9-10,12-13H2,1-2H3. The summed E-state index contributed by atoms with van der Waals surface area (Å²) >= 11 is 0. The van der Waals surface area contributed by atoms with Crippen molar-refractivity contribution in [3.63, 3.8) is 0 Å². The Hall–Kier alpha value is -3.35. The number of piperidine rings is 1. The summed E-state index contributed by atoms with van der Waals surface area (Å²) in [6.07, 6.45) is 7.36. The summed E-state index contributed by atoms with van der Waals surface area (Å²) in [5.41, 5.74) is 3.06. The highest BCUT2D eigenvalue weighted by atomic mass is 16.5. The van der Waals surface area contributed by atoms with E-state index >= 15 is 0 Å². The van der Waals surface area contributed by atoms with Gasteiger partial charge in [0, 0.05) is 43.9 Å². The summed E-state index contributed by atoms with van der Waals surface area (Å²) in [6.45, 7) is 5.15. The van der Waals surface area contributed by atoms with E-state index in [1.165, 1.54) is 6.20 Å². The van der Waals surface area contributed by atoms with Crippen molar-refractivity contribution < 1.29 is 14.6 Å². The molecule has 7 nitrogen and oxygen atoms in total. The van der Waals surface area contributed by atoms with Crippen molar-refractivity contribution in [2.24, 2.45) is 0 Å². The summed E-state index contributed by atoms with van der Waals surface area (Å²) in [7, 11) is 0. The minimum atomic E-state index is -0.251. The van der Waals surface area contributed by atoms with E-state index in [-0.39, 0.29) is 23.5 Å². The van der Waals surface area contributed by atoms with Crippen molar-refractivity contribution in [1.29, 1.82) is 0 Å². The average molecular weight is 406 g/mol. The topological polar surface area (TPSA) is 80.5 Å². The van der Waals surface area contributed by atoms with Gasteiger partial charge in [-0.1, -0.05) is 25.1 Å². The summed E-state index contributed by atoms with van der Waals surface area (Å²) in [5, 5.41) is 14.8. The van der Waals surface area contributed by atoms with E-state index in [1.807, 2.05) is 37.3 Å². The Morgan fingerprint density at radius 3 is 2.73 bits per heavy atom. The Morgan fingerprint density at radius 1 is 1.23 bits per heavy atom. The summed E-state index contributed by atoms with van der Waals surface area (Å²) in [4.78, 5) is 18.8. The molecule has 156 valence electrons. The van der Waals surface area contributed by atoms with Crippen molar-refractivity contribution >= 4 is 5.91 Å². The van der Waals surface area contributed by atoms with Crippen LogP contribution in [-0.2, 0) is 6.42 Å². The van der Waals surface area contributed by atoms with Gasteiger partial charge in [-0.15, -0.1) is 0 Å². The number of rotatable bonds is 5. The van der Waals surface area contributed by atoms with Crippen LogP contribution in [0.3, 0.4) is 0 Å². The normalized spacial score (nSPS) is 14.7. The molecule has 1 N–H and O–H groups in total. The molecule has 0 saturated carbocycles. The van der Waals surface area contributed by atoms with Gasteiger partial charge in [0.2, 0.25) is 0 Å². The van der Waals surface area contributed by atoms with E-state index in [1.54, 1.807) is 22.0 Å². The quantitative estimate of drug-likeness (QED) is 0.701. The van der Waals surface area contributed by atoms with Crippen LogP contribution in [0.4, 0.5) is 0 Å². The number of pyridine rings is 1. The minimum Gasteiger partial charge on any atom is -0.504 e. The number of aromatic nitrogens is 3. The molecule has 1 amide bonds. The molecule has 1 aliphatic rings. The molecule has 0 spiro atoms.